The van der Waals surface area contributed by atoms with Crippen molar-refractivity contribution < 1.29 is 4.39 Å². The van der Waals surface area contributed by atoms with Crippen LogP contribution in [-0.4, -0.2) is 21.7 Å². The third kappa shape index (κ3) is 4.42. The summed E-state index contributed by atoms with van der Waals surface area (Å²) in [6, 6.07) is 7.02. The summed E-state index contributed by atoms with van der Waals surface area (Å²) in [5, 5.41) is 10.2. The lowest BCUT2D eigenvalue weighted by atomic mass is 10.0. The molecule has 0 saturated heterocycles. The molecular formula is C15H21FN4. The number of halogens is 1. The van der Waals surface area contributed by atoms with Crippen molar-refractivity contribution in [1.82, 2.24) is 20.5 Å². The largest absolute Gasteiger partial charge is 0.309 e. The van der Waals surface area contributed by atoms with Crippen molar-refractivity contribution in [2.45, 2.75) is 38.6 Å². The van der Waals surface area contributed by atoms with E-state index >= 15 is 0 Å². The Morgan fingerprint density at radius 3 is 2.75 bits per heavy atom. The van der Waals surface area contributed by atoms with E-state index in [0.29, 0.717) is 0 Å². The lowest BCUT2D eigenvalue weighted by Crippen LogP contribution is -2.24. The van der Waals surface area contributed by atoms with Gasteiger partial charge < -0.3 is 5.32 Å². The Hall–Kier alpha value is -1.75. The lowest BCUT2D eigenvalue weighted by molar-refractivity contribution is 0.481. The van der Waals surface area contributed by atoms with Gasteiger partial charge in [-0.3, -0.25) is 5.10 Å². The van der Waals surface area contributed by atoms with E-state index < -0.39 is 0 Å². The molecule has 0 aliphatic rings. The van der Waals surface area contributed by atoms with E-state index in [0.717, 1.165) is 43.6 Å². The zero-order valence-electron chi connectivity index (χ0n) is 11.8. The molecule has 0 fully saturated rings. The Balaban J connectivity index is 1.90. The first kappa shape index (κ1) is 14.7. The number of nitrogens with one attached hydrogen (secondary N) is 2. The second-order valence-electron chi connectivity index (χ2n) is 4.88. The highest BCUT2D eigenvalue weighted by Gasteiger charge is 2.10. The Morgan fingerprint density at radius 1 is 1.30 bits per heavy atom. The molecule has 2 N–H and O–H groups in total. The summed E-state index contributed by atoms with van der Waals surface area (Å²) in [7, 11) is 0. The van der Waals surface area contributed by atoms with Crippen molar-refractivity contribution in [3.8, 4) is 0 Å². The molecule has 5 heteroatoms. The number of unbranched alkanes of at least 4 members (excludes halogenated alkanes) is 1. The first-order chi connectivity index (χ1) is 9.79. The molecule has 0 radical (unpaired) electrons. The summed E-state index contributed by atoms with van der Waals surface area (Å²) in [6.45, 7) is 3.00. The molecule has 0 aliphatic heterocycles. The minimum Gasteiger partial charge on any atom is -0.309 e. The molecule has 2 aromatic rings. The van der Waals surface area contributed by atoms with Crippen LogP contribution in [0.4, 0.5) is 4.39 Å². The number of hydrogen-bond donors (Lipinski definition) is 2. The SMILES string of the molecule is CCCCC(NCCc1ncn[nH]1)c1ccc(F)cc1. The fraction of sp³-hybridized carbons (Fsp3) is 0.467. The Kier molecular flexibility index (Phi) is 5.68. The van der Waals surface area contributed by atoms with Gasteiger partial charge in [0.1, 0.15) is 18.0 Å². The van der Waals surface area contributed by atoms with Gasteiger partial charge in [-0.2, -0.15) is 5.10 Å². The molecule has 0 bridgehead atoms. The molecule has 1 heterocycles. The standard InChI is InChI=1S/C15H21FN4/c1-2-3-4-14(12-5-7-13(16)8-6-12)17-10-9-15-18-11-19-20-15/h5-8,11,14,17H,2-4,9-10H2,1H3,(H,18,19,20). The average molecular weight is 276 g/mol. The maximum absolute atomic E-state index is 13.0. The molecular weight excluding hydrogens is 255 g/mol. The van der Waals surface area contributed by atoms with E-state index in [-0.39, 0.29) is 11.9 Å². The van der Waals surface area contributed by atoms with E-state index in [4.69, 9.17) is 0 Å². The number of H-pyrrole nitrogens is 1. The van der Waals surface area contributed by atoms with Gasteiger partial charge in [0.2, 0.25) is 0 Å². The van der Waals surface area contributed by atoms with Crippen LogP contribution in [0.5, 0.6) is 0 Å². The number of nitrogens with zero attached hydrogens (tertiary/aromatic N) is 2. The Labute approximate surface area is 118 Å². The van der Waals surface area contributed by atoms with Crippen LogP contribution in [-0.2, 0) is 6.42 Å². The summed E-state index contributed by atoms with van der Waals surface area (Å²) in [5.74, 6) is 0.690. The summed E-state index contributed by atoms with van der Waals surface area (Å²) in [6.07, 6.45) is 5.69. The van der Waals surface area contributed by atoms with Crippen LogP contribution < -0.4 is 5.32 Å². The highest BCUT2D eigenvalue weighted by Crippen LogP contribution is 2.19. The number of hydrogen-bond acceptors (Lipinski definition) is 3. The average Bonchev–Trinajstić information content (AvgIpc) is 2.97. The van der Waals surface area contributed by atoms with E-state index in [1.54, 1.807) is 0 Å². The minimum atomic E-state index is -0.190. The number of rotatable bonds is 8. The second kappa shape index (κ2) is 7.75. The monoisotopic (exact) mass is 276 g/mol. The van der Waals surface area contributed by atoms with E-state index in [1.165, 1.54) is 18.5 Å². The smallest absolute Gasteiger partial charge is 0.137 e. The van der Waals surface area contributed by atoms with E-state index in [9.17, 15) is 4.39 Å². The van der Waals surface area contributed by atoms with E-state index in [2.05, 4.69) is 27.4 Å². The van der Waals surface area contributed by atoms with Gasteiger partial charge in [0, 0.05) is 19.0 Å². The molecule has 0 aliphatic carbocycles. The second-order valence-corrected chi connectivity index (χ2v) is 4.88. The van der Waals surface area contributed by atoms with Gasteiger partial charge in [-0.15, -0.1) is 0 Å². The van der Waals surface area contributed by atoms with Crippen molar-refractivity contribution >= 4 is 0 Å². The summed E-state index contributed by atoms with van der Waals surface area (Å²) in [5.41, 5.74) is 1.14. The van der Waals surface area contributed by atoms with Crippen molar-refractivity contribution in [1.29, 1.82) is 0 Å². The van der Waals surface area contributed by atoms with E-state index in [1.807, 2.05) is 12.1 Å². The molecule has 4 nitrogen and oxygen atoms in total. The third-order valence-electron chi connectivity index (χ3n) is 3.34. The van der Waals surface area contributed by atoms with Crippen LogP contribution in [0.1, 0.15) is 43.6 Å². The lowest BCUT2D eigenvalue weighted by Gasteiger charge is -2.19. The van der Waals surface area contributed by atoms with Crippen LogP contribution in [0.25, 0.3) is 0 Å². The van der Waals surface area contributed by atoms with Crippen molar-refractivity contribution in [2.24, 2.45) is 0 Å². The number of aromatic nitrogens is 3. The van der Waals surface area contributed by atoms with Crippen molar-refractivity contribution in [3.63, 3.8) is 0 Å². The first-order valence-corrected chi connectivity index (χ1v) is 7.12. The predicted molar refractivity (Wildman–Crippen MR) is 76.8 cm³/mol. The Morgan fingerprint density at radius 2 is 2.10 bits per heavy atom. The molecule has 0 spiro atoms. The normalized spacial score (nSPS) is 12.5. The van der Waals surface area contributed by atoms with Gasteiger partial charge in [-0.25, -0.2) is 9.37 Å². The van der Waals surface area contributed by atoms with Gasteiger partial charge in [-0.1, -0.05) is 31.9 Å². The van der Waals surface area contributed by atoms with Crippen LogP contribution in [0.2, 0.25) is 0 Å². The van der Waals surface area contributed by atoms with Crippen molar-refractivity contribution in [2.75, 3.05) is 6.54 Å². The van der Waals surface area contributed by atoms with Gasteiger partial charge in [0.25, 0.3) is 0 Å². The van der Waals surface area contributed by atoms with Crippen LogP contribution in [0.15, 0.2) is 30.6 Å². The first-order valence-electron chi connectivity index (χ1n) is 7.12. The third-order valence-corrected chi connectivity index (χ3v) is 3.34. The minimum absolute atomic E-state index is 0.190. The topological polar surface area (TPSA) is 53.6 Å². The molecule has 20 heavy (non-hydrogen) atoms. The van der Waals surface area contributed by atoms with Gasteiger partial charge in [0.05, 0.1) is 0 Å². The molecule has 1 aromatic heterocycles. The highest BCUT2D eigenvalue weighted by molar-refractivity contribution is 5.19. The summed E-state index contributed by atoms with van der Waals surface area (Å²) >= 11 is 0. The zero-order valence-corrected chi connectivity index (χ0v) is 11.8. The fourth-order valence-electron chi connectivity index (χ4n) is 2.21. The molecule has 1 unspecified atom stereocenters. The maximum Gasteiger partial charge on any atom is 0.137 e. The number of aromatic amines is 1. The molecule has 108 valence electrons. The summed E-state index contributed by atoms with van der Waals surface area (Å²) < 4.78 is 13.0. The molecule has 1 atom stereocenters. The zero-order chi connectivity index (χ0) is 14.2. The summed E-state index contributed by atoms with van der Waals surface area (Å²) in [4.78, 5) is 4.10. The molecule has 0 saturated carbocycles. The maximum atomic E-state index is 13.0. The van der Waals surface area contributed by atoms with Crippen LogP contribution in [0.3, 0.4) is 0 Å². The van der Waals surface area contributed by atoms with Crippen LogP contribution in [0, 0.1) is 5.82 Å². The van der Waals surface area contributed by atoms with Gasteiger partial charge in [-0.05, 0) is 24.1 Å². The highest BCUT2D eigenvalue weighted by atomic mass is 19.1. The van der Waals surface area contributed by atoms with Crippen LogP contribution >= 0.6 is 0 Å². The van der Waals surface area contributed by atoms with Crippen molar-refractivity contribution in [3.05, 3.63) is 47.8 Å². The predicted octanol–water partition coefficient (Wildman–Crippen LogP) is 3.01. The fourth-order valence-corrected chi connectivity index (χ4v) is 2.21. The van der Waals surface area contributed by atoms with Gasteiger partial charge in [0.15, 0.2) is 0 Å². The molecule has 1 aromatic carbocycles. The molecule has 2 rings (SSSR count). The van der Waals surface area contributed by atoms with Gasteiger partial charge >= 0.3 is 0 Å². The Bertz CT molecular complexity index is 481. The number of benzene rings is 1. The molecule has 0 amide bonds. The quantitative estimate of drug-likeness (QED) is 0.779.